The first-order valence-electron chi connectivity index (χ1n) is 7.19. The highest BCUT2D eigenvalue weighted by Gasteiger charge is 2.23. The first-order chi connectivity index (χ1) is 10.5. The summed E-state index contributed by atoms with van der Waals surface area (Å²) in [6.45, 7) is 7.87. The zero-order valence-electron chi connectivity index (χ0n) is 13.1. The van der Waals surface area contributed by atoms with Crippen LogP contribution in [0.15, 0.2) is 30.6 Å². The normalized spacial score (nSPS) is 11.3. The van der Waals surface area contributed by atoms with Crippen LogP contribution in [0.25, 0.3) is 5.13 Å². The Labute approximate surface area is 133 Å². The molecular weight excluding hydrogens is 296 g/mol. The number of rotatable bonds is 3. The smallest absolute Gasteiger partial charge is 0.290 e. The fourth-order valence-electron chi connectivity index (χ4n) is 2.37. The number of thiazole rings is 1. The van der Waals surface area contributed by atoms with Crippen LogP contribution in [0.5, 0.6) is 0 Å². The van der Waals surface area contributed by atoms with Gasteiger partial charge >= 0.3 is 0 Å². The second-order valence-electron chi connectivity index (χ2n) is 5.60. The van der Waals surface area contributed by atoms with Gasteiger partial charge in [-0.3, -0.25) is 4.79 Å². The molecule has 0 radical (unpaired) electrons. The lowest BCUT2D eigenvalue weighted by molar-refractivity contribution is 0.0945. The Morgan fingerprint density at radius 2 is 1.91 bits per heavy atom. The van der Waals surface area contributed by atoms with E-state index in [2.05, 4.69) is 10.1 Å². The van der Waals surface area contributed by atoms with Gasteiger partial charge in [0.25, 0.3) is 5.91 Å². The lowest BCUT2D eigenvalue weighted by Crippen LogP contribution is -2.16. The van der Waals surface area contributed by atoms with Gasteiger partial charge < -0.3 is 4.57 Å². The van der Waals surface area contributed by atoms with Crippen LogP contribution in [0, 0.1) is 13.8 Å². The average Bonchev–Trinajstić information content (AvgIpc) is 3.15. The summed E-state index contributed by atoms with van der Waals surface area (Å²) >= 11 is 1.41. The molecule has 5 nitrogen and oxygen atoms in total. The molecule has 0 aromatic carbocycles. The van der Waals surface area contributed by atoms with Crippen LogP contribution in [0.3, 0.4) is 0 Å². The second-order valence-corrected chi connectivity index (χ2v) is 6.58. The summed E-state index contributed by atoms with van der Waals surface area (Å²) in [6, 6.07) is 5.79. The molecule has 6 heteroatoms. The van der Waals surface area contributed by atoms with Gasteiger partial charge in [-0.25, -0.2) is 9.67 Å². The molecule has 0 saturated heterocycles. The van der Waals surface area contributed by atoms with Crippen molar-refractivity contribution in [2.75, 3.05) is 0 Å². The molecule has 3 heterocycles. The van der Waals surface area contributed by atoms with Crippen molar-refractivity contribution < 1.29 is 4.79 Å². The molecule has 114 valence electrons. The lowest BCUT2D eigenvalue weighted by atomic mass is 10.1. The molecule has 0 spiro atoms. The molecule has 3 rings (SSSR count). The van der Waals surface area contributed by atoms with Gasteiger partial charge in [-0.1, -0.05) is 25.2 Å². The van der Waals surface area contributed by atoms with Crippen LogP contribution in [0.2, 0.25) is 0 Å². The fourth-order valence-corrected chi connectivity index (χ4v) is 3.48. The van der Waals surface area contributed by atoms with Crippen LogP contribution < -0.4 is 0 Å². The number of carbonyl (C=O) groups excluding carboxylic acids is 1. The van der Waals surface area contributed by atoms with Gasteiger partial charge in [0, 0.05) is 18.1 Å². The molecule has 22 heavy (non-hydrogen) atoms. The summed E-state index contributed by atoms with van der Waals surface area (Å²) in [7, 11) is 0. The molecule has 0 bridgehead atoms. The summed E-state index contributed by atoms with van der Waals surface area (Å²) < 4.78 is 3.39. The molecule has 0 aliphatic rings. The van der Waals surface area contributed by atoms with Crippen molar-refractivity contribution in [2.24, 2.45) is 0 Å². The number of nitrogens with zero attached hydrogens (tertiary/aromatic N) is 4. The predicted molar refractivity (Wildman–Crippen MR) is 87.0 cm³/mol. The van der Waals surface area contributed by atoms with E-state index in [9.17, 15) is 4.79 Å². The SMILES string of the molecule is Cc1cc(C)n(C(=O)c2sc(-n3cccc3)nc2C(C)C)n1. The van der Waals surface area contributed by atoms with Crippen molar-refractivity contribution in [3.8, 4) is 5.13 Å². The molecule has 0 aliphatic carbocycles. The topological polar surface area (TPSA) is 52.7 Å². The Bertz CT molecular complexity index is 811. The lowest BCUT2D eigenvalue weighted by Gasteiger charge is -2.05. The van der Waals surface area contributed by atoms with Crippen molar-refractivity contribution in [2.45, 2.75) is 33.6 Å². The second kappa shape index (κ2) is 5.53. The van der Waals surface area contributed by atoms with Crippen LogP contribution >= 0.6 is 11.3 Å². The van der Waals surface area contributed by atoms with E-state index in [-0.39, 0.29) is 11.8 Å². The number of aryl methyl sites for hydroxylation is 2. The highest BCUT2D eigenvalue weighted by molar-refractivity contribution is 7.16. The van der Waals surface area contributed by atoms with Crippen molar-refractivity contribution in [1.82, 2.24) is 19.3 Å². The van der Waals surface area contributed by atoms with Crippen molar-refractivity contribution >= 4 is 17.2 Å². The third-order valence-electron chi connectivity index (χ3n) is 3.41. The maximum atomic E-state index is 12.9. The van der Waals surface area contributed by atoms with Crippen LogP contribution in [-0.2, 0) is 0 Å². The van der Waals surface area contributed by atoms with Gasteiger partial charge in [0.2, 0.25) is 0 Å². The van der Waals surface area contributed by atoms with E-state index in [1.165, 1.54) is 16.0 Å². The largest absolute Gasteiger partial charge is 0.300 e. The minimum atomic E-state index is -0.106. The Balaban J connectivity index is 2.09. The summed E-state index contributed by atoms with van der Waals surface area (Å²) in [4.78, 5) is 18.2. The van der Waals surface area contributed by atoms with E-state index in [0.717, 1.165) is 22.2 Å². The van der Waals surface area contributed by atoms with E-state index >= 15 is 0 Å². The molecule has 0 saturated carbocycles. The molecule has 0 unspecified atom stereocenters. The summed E-state index contributed by atoms with van der Waals surface area (Å²) in [5.41, 5.74) is 2.51. The molecule has 0 aliphatic heterocycles. The van der Waals surface area contributed by atoms with Crippen molar-refractivity contribution in [3.63, 3.8) is 0 Å². The average molecular weight is 314 g/mol. The highest BCUT2D eigenvalue weighted by atomic mass is 32.1. The van der Waals surface area contributed by atoms with Gasteiger partial charge in [-0.2, -0.15) is 5.10 Å². The number of hydrogen-bond acceptors (Lipinski definition) is 4. The predicted octanol–water partition coefficient (Wildman–Crippen LogP) is 3.56. The number of aromatic nitrogens is 4. The van der Waals surface area contributed by atoms with Crippen LogP contribution in [0.1, 0.15) is 46.5 Å². The van der Waals surface area contributed by atoms with Gasteiger partial charge in [-0.15, -0.1) is 0 Å². The summed E-state index contributed by atoms with van der Waals surface area (Å²) in [5, 5.41) is 5.10. The van der Waals surface area contributed by atoms with E-state index in [1.54, 1.807) is 0 Å². The monoisotopic (exact) mass is 314 g/mol. The molecule has 0 N–H and O–H groups in total. The first kappa shape index (κ1) is 14.7. The Hall–Kier alpha value is -2.21. The fraction of sp³-hybridized carbons (Fsp3) is 0.312. The molecule has 0 atom stereocenters. The Kier molecular flexibility index (Phi) is 3.70. The molecular formula is C16H18N4OS. The zero-order chi connectivity index (χ0) is 15.9. The Morgan fingerprint density at radius 3 is 2.45 bits per heavy atom. The zero-order valence-corrected chi connectivity index (χ0v) is 13.9. The molecule has 0 fully saturated rings. The third kappa shape index (κ3) is 2.50. The molecule has 0 amide bonds. The first-order valence-corrected chi connectivity index (χ1v) is 8.01. The molecule has 3 aromatic heterocycles. The van der Waals surface area contributed by atoms with Gasteiger partial charge in [0.15, 0.2) is 5.13 Å². The van der Waals surface area contributed by atoms with E-state index in [0.29, 0.717) is 4.88 Å². The van der Waals surface area contributed by atoms with Crippen molar-refractivity contribution in [3.05, 3.63) is 52.6 Å². The maximum Gasteiger partial charge on any atom is 0.290 e. The molecule has 3 aromatic rings. The van der Waals surface area contributed by atoms with Crippen LogP contribution in [0.4, 0.5) is 0 Å². The van der Waals surface area contributed by atoms with E-state index in [4.69, 9.17) is 0 Å². The Morgan fingerprint density at radius 1 is 1.23 bits per heavy atom. The standard InChI is InChI=1S/C16H18N4OS/c1-10(2)13-14(15(21)20-12(4)9-11(3)18-20)22-16(17-13)19-7-5-6-8-19/h5-10H,1-4H3. The summed E-state index contributed by atoms with van der Waals surface area (Å²) in [6.07, 6.45) is 3.86. The van der Waals surface area contributed by atoms with Gasteiger partial charge in [0.05, 0.1) is 11.4 Å². The quantitative estimate of drug-likeness (QED) is 0.743. The minimum absolute atomic E-state index is 0.106. The summed E-state index contributed by atoms with van der Waals surface area (Å²) in [5.74, 6) is 0.0710. The number of carbonyl (C=O) groups is 1. The van der Waals surface area contributed by atoms with Gasteiger partial charge in [0.1, 0.15) is 4.88 Å². The maximum absolute atomic E-state index is 12.9. The van der Waals surface area contributed by atoms with Gasteiger partial charge in [-0.05, 0) is 38.0 Å². The van der Waals surface area contributed by atoms with E-state index in [1.807, 2.05) is 62.9 Å². The van der Waals surface area contributed by atoms with Crippen molar-refractivity contribution in [1.29, 1.82) is 0 Å². The highest BCUT2D eigenvalue weighted by Crippen LogP contribution is 2.28. The minimum Gasteiger partial charge on any atom is -0.300 e. The van der Waals surface area contributed by atoms with Crippen LogP contribution in [-0.4, -0.2) is 25.2 Å². The van der Waals surface area contributed by atoms with E-state index < -0.39 is 0 Å². The third-order valence-corrected chi connectivity index (χ3v) is 4.48. The number of hydrogen-bond donors (Lipinski definition) is 0.